The lowest BCUT2D eigenvalue weighted by Gasteiger charge is -2.17. The Balaban J connectivity index is 1.83. The summed E-state index contributed by atoms with van der Waals surface area (Å²) in [6.45, 7) is 4.10. The average Bonchev–Trinajstić information content (AvgIpc) is 3.44. The maximum Gasteiger partial charge on any atom is 0.248 e. The molecule has 0 unspecified atom stereocenters. The van der Waals surface area contributed by atoms with Gasteiger partial charge in [0.1, 0.15) is 0 Å². The lowest BCUT2D eigenvalue weighted by atomic mass is 10.1. The van der Waals surface area contributed by atoms with Gasteiger partial charge in [-0.25, -0.2) is 4.98 Å². The summed E-state index contributed by atoms with van der Waals surface area (Å²) in [7, 11) is 1.79. The summed E-state index contributed by atoms with van der Waals surface area (Å²) in [5, 5.41) is 15.1. The van der Waals surface area contributed by atoms with E-state index in [0.717, 1.165) is 28.0 Å². The van der Waals surface area contributed by atoms with Crippen molar-refractivity contribution in [3.05, 3.63) is 78.6 Å². The highest BCUT2D eigenvalue weighted by atomic mass is 16.1. The summed E-state index contributed by atoms with van der Waals surface area (Å²) in [6, 6.07) is 13.8. The molecule has 0 aliphatic rings. The van der Waals surface area contributed by atoms with Crippen molar-refractivity contribution in [2.45, 2.75) is 19.9 Å². The number of amides is 1. The molecule has 8 heteroatoms. The molecule has 1 amide bonds. The highest BCUT2D eigenvalue weighted by molar-refractivity contribution is 6.07. The second-order valence-corrected chi connectivity index (χ2v) is 7.99. The van der Waals surface area contributed by atoms with Gasteiger partial charge in [0.05, 0.1) is 34.6 Å². The Labute approximate surface area is 192 Å². The van der Waals surface area contributed by atoms with Crippen LogP contribution in [0.1, 0.15) is 29.9 Å². The molecule has 0 aliphatic carbocycles. The number of anilines is 1. The molecule has 8 nitrogen and oxygen atoms in total. The van der Waals surface area contributed by atoms with Crippen LogP contribution in [0.25, 0.3) is 27.9 Å². The van der Waals surface area contributed by atoms with Gasteiger partial charge in [0, 0.05) is 54.4 Å². The minimum absolute atomic E-state index is 0.183. The third-order valence-corrected chi connectivity index (χ3v) is 5.31. The first kappa shape index (κ1) is 21.9. The minimum Gasteiger partial charge on any atom is -0.393 e. The largest absolute Gasteiger partial charge is 0.393 e. The second-order valence-electron chi connectivity index (χ2n) is 7.99. The van der Waals surface area contributed by atoms with E-state index in [0.29, 0.717) is 16.8 Å². The zero-order chi connectivity index (χ0) is 23.5. The van der Waals surface area contributed by atoms with Crippen LogP contribution in [0.15, 0.2) is 67.4 Å². The Hall–Kier alpha value is -4.33. The van der Waals surface area contributed by atoms with Crippen LogP contribution in [0, 0.1) is 5.41 Å². The van der Waals surface area contributed by atoms with Gasteiger partial charge in [-0.15, -0.1) is 0 Å². The molecule has 2 aromatic carbocycles. The predicted molar refractivity (Wildman–Crippen MR) is 133 cm³/mol. The van der Waals surface area contributed by atoms with Crippen molar-refractivity contribution in [3.8, 4) is 11.4 Å². The third kappa shape index (κ3) is 4.23. The van der Waals surface area contributed by atoms with Crippen molar-refractivity contribution in [1.82, 2.24) is 19.4 Å². The van der Waals surface area contributed by atoms with Crippen LogP contribution >= 0.6 is 0 Å². The molecular weight excluding hydrogens is 414 g/mol. The van der Waals surface area contributed by atoms with Crippen LogP contribution in [-0.4, -0.2) is 39.3 Å². The number of hydrogen-bond donors (Lipinski definition) is 4. The molecule has 168 valence electrons. The average molecular weight is 442 g/mol. The van der Waals surface area contributed by atoms with Gasteiger partial charge >= 0.3 is 0 Å². The number of imidazole rings is 1. The molecule has 2 heterocycles. The molecule has 0 spiro atoms. The summed E-state index contributed by atoms with van der Waals surface area (Å²) in [6.07, 6.45) is 8.70. The first-order valence-electron chi connectivity index (χ1n) is 10.7. The van der Waals surface area contributed by atoms with Crippen molar-refractivity contribution < 1.29 is 4.79 Å². The van der Waals surface area contributed by atoms with Gasteiger partial charge < -0.3 is 30.9 Å². The van der Waals surface area contributed by atoms with Crippen molar-refractivity contribution in [1.29, 1.82) is 5.41 Å². The van der Waals surface area contributed by atoms with Crippen molar-refractivity contribution in [3.63, 3.8) is 0 Å². The molecule has 0 radical (unpaired) electrons. The summed E-state index contributed by atoms with van der Waals surface area (Å²) in [5.74, 6) is -0.458. The molecule has 4 aromatic rings. The lowest BCUT2D eigenvalue weighted by molar-refractivity contribution is 0.100. The van der Waals surface area contributed by atoms with Crippen LogP contribution in [0.5, 0.6) is 0 Å². The van der Waals surface area contributed by atoms with Gasteiger partial charge in [0.2, 0.25) is 5.91 Å². The van der Waals surface area contributed by atoms with E-state index in [1.807, 2.05) is 49.0 Å². The third-order valence-electron chi connectivity index (χ3n) is 5.31. The smallest absolute Gasteiger partial charge is 0.248 e. The number of primary amides is 1. The van der Waals surface area contributed by atoms with Gasteiger partial charge in [-0.2, -0.15) is 0 Å². The number of carbonyl (C=O) groups is 1. The van der Waals surface area contributed by atoms with Crippen molar-refractivity contribution in [2.75, 3.05) is 12.4 Å². The number of benzene rings is 2. The number of aromatic nitrogens is 3. The van der Waals surface area contributed by atoms with E-state index in [1.165, 1.54) is 6.21 Å². The number of nitrogens with one attached hydrogen (secondary N) is 3. The maximum atomic E-state index is 11.7. The first-order chi connectivity index (χ1) is 15.9. The van der Waals surface area contributed by atoms with Gasteiger partial charge in [0.25, 0.3) is 0 Å². The number of rotatable bonds is 8. The summed E-state index contributed by atoms with van der Waals surface area (Å²) in [4.78, 5) is 16.2. The molecule has 4 rings (SSSR count). The van der Waals surface area contributed by atoms with E-state index in [2.05, 4.69) is 32.3 Å². The molecule has 5 N–H and O–H groups in total. The molecule has 33 heavy (non-hydrogen) atoms. The standard InChI is InChI=1S/C25H27N7O/c1-16(2)30-20-11-17(25(27)33)7-8-24(20)32-10-9-19-22(5-4-6-23(19)32)31-14-21(29-15-31)18(12-26)13-28-3/h4-16,26,28,30H,1-3H3,(H2,27,33)/b18-13+,26-12?. The van der Waals surface area contributed by atoms with Gasteiger partial charge in [0.15, 0.2) is 0 Å². The van der Waals surface area contributed by atoms with Crippen LogP contribution in [0.3, 0.4) is 0 Å². The fraction of sp³-hybridized carbons (Fsp3) is 0.160. The van der Waals surface area contributed by atoms with Crippen molar-refractivity contribution in [2.24, 2.45) is 5.73 Å². The minimum atomic E-state index is -0.458. The number of carbonyl (C=O) groups excluding carboxylic acids is 1. The predicted octanol–water partition coefficient (Wildman–Crippen LogP) is 3.95. The number of nitrogens with zero attached hydrogens (tertiary/aromatic N) is 3. The highest BCUT2D eigenvalue weighted by Crippen LogP contribution is 2.30. The fourth-order valence-corrected chi connectivity index (χ4v) is 3.86. The summed E-state index contributed by atoms with van der Waals surface area (Å²) in [5.41, 5.74) is 11.1. The Morgan fingerprint density at radius 1 is 1.18 bits per heavy atom. The maximum absolute atomic E-state index is 11.7. The van der Waals surface area contributed by atoms with Crippen LogP contribution in [0.2, 0.25) is 0 Å². The van der Waals surface area contributed by atoms with E-state index >= 15 is 0 Å². The van der Waals surface area contributed by atoms with E-state index in [9.17, 15) is 4.79 Å². The SMILES string of the molecule is CN/C=C(\C=N)c1cn(-c2cccc3c2ccn3-c2ccc(C(N)=O)cc2NC(C)C)cn1. The van der Waals surface area contributed by atoms with Crippen LogP contribution < -0.4 is 16.4 Å². The normalized spacial score (nSPS) is 11.7. The van der Waals surface area contributed by atoms with Crippen LogP contribution in [0.4, 0.5) is 5.69 Å². The zero-order valence-electron chi connectivity index (χ0n) is 18.8. The Kier molecular flexibility index (Phi) is 5.99. The molecule has 0 bridgehead atoms. The molecule has 0 fully saturated rings. The van der Waals surface area contributed by atoms with Gasteiger partial charge in [-0.05, 0) is 50.2 Å². The topological polar surface area (TPSA) is 114 Å². The van der Waals surface area contributed by atoms with Gasteiger partial charge in [-0.1, -0.05) is 6.07 Å². The highest BCUT2D eigenvalue weighted by Gasteiger charge is 2.14. The molecule has 0 aliphatic heterocycles. The number of nitrogens with two attached hydrogens (primary N) is 1. The summed E-state index contributed by atoms with van der Waals surface area (Å²) >= 11 is 0. The van der Waals surface area contributed by atoms with E-state index in [4.69, 9.17) is 11.1 Å². The lowest BCUT2D eigenvalue weighted by Crippen LogP contribution is -2.15. The Bertz CT molecular complexity index is 1360. The number of hydrogen-bond acceptors (Lipinski definition) is 5. The monoisotopic (exact) mass is 441 g/mol. The second kappa shape index (κ2) is 9.04. The number of fused-ring (bicyclic) bond motifs is 1. The molecule has 0 saturated heterocycles. The molecular formula is C25H27N7O. The van der Waals surface area contributed by atoms with Crippen molar-refractivity contribution >= 4 is 34.3 Å². The Morgan fingerprint density at radius 2 is 2.00 bits per heavy atom. The van der Waals surface area contributed by atoms with E-state index in [-0.39, 0.29) is 6.04 Å². The van der Waals surface area contributed by atoms with E-state index < -0.39 is 5.91 Å². The summed E-state index contributed by atoms with van der Waals surface area (Å²) < 4.78 is 4.05. The molecule has 2 aromatic heterocycles. The van der Waals surface area contributed by atoms with E-state index in [1.54, 1.807) is 31.7 Å². The first-order valence-corrected chi connectivity index (χ1v) is 10.7. The fourth-order valence-electron chi connectivity index (χ4n) is 3.86. The Morgan fingerprint density at radius 3 is 2.70 bits per heavy atom. The van der Waals surface area contributed by atoms with Crippen LogP contribution in [-0.2, 0) is 0 Å². The molecule has 0 saturated carbocycles. The number of allylic oxidation sites excluding steroid dienone is 1. The quantitative estimate of drug-likeness (QED) is 0.310. The zero-order valence-corrected chi connectivity index (χ0v) is 18.8. The van der Waals surface area contributed by atoms with Gasteiger partial charge in [-0.3, -0.25) is 4.79 Å². The molecule has 0 atom stereocenters.